The number of halogens is 3. The highest BCUT2D eigenvalue weighted by Crippen LogP contribution is 2.49. The van der Waals surface area contributed by atoms with Gasteiger partial charge in [-0.3, -0.25) is 4.79 Å². The first-order valence-corrected chi connectivity index (χ1v) is 7.79. The molecule has 1 aromatic rings. The highest BCUT2D eigenvalue weighted by Gasteiger charge is 2.54. The molecule has 0 radical (unpaired) electrons. The summed E-state index contributed by atoms with van der Waals surface area (Å²) in [5.41, 5.74) is -0.787. The van der Waals surface area contributed by atoms with Crippen LogP contribution >= 0.6 is 0 Å². The van der Waals surface area contributed by atoms with E-state index in [-0.39, 0.29) is 11.5 Å². The Kier molecular flexibility index (Phi) is 3.85. The number of ether oxygens (including phenoxy) is 1. The number of hydrogen-bond donors (Lipinski definition) is 0. The van der Waals surface area contributed by atoms with Gasteiger partial charge in [-0.15, -0.1) is 0 Å². The van der Waals surface area contributed by atoms with E-state index < -0.39 is 47.0 Å². The molecule has 2 aliphatic rings. The van der Waals surface area contributed by atoms with Gasteiger partial charge in [0.1, 0.15) is 11.4 Å². The SMILES string of the molecule is CC(C)(C)OC(=O)N1C(=O)[C@H]2C[C@@H]1[C@H](c1cc(F)c(F)cc1F)C2. The number of carbonyl (C=O) groups excluding carboxylic acids is 2. The van der Waals surface area contributed by atoms with Gasteiger partial charge in [0.05, 0.1) is 6.04 Å². The lowest BCUT2D eigenvalue weighted by atomic mass is 9.89. The van der Waals surface area contributed by atoms with Gasteiger partial charge in [-0.25, -0.2) is 22.9 Å². The molecule has 2 bridgehead atoms. The molecule has 0 aromatic heterocycles. The van der Waals surface area contributed by atoms with Gasteiger partial charge >= 0.3 is 6.09 Å². The van der Waals surface area contributed by atoms with E-state index in [0.29, 0.717) is 18.9 Å². The maximum atomic E-state index is 14.1. The fourth-order valence-electron chi connectivity index (χ4n) is 3.56. The minimum Gasteiger partial charge on any atom is -0.443 e. The van der Waals surface area contributed by atoms with Gasteiger partial charge in [0.25, 0.3) is 0 Å². The predicted molar refractivity (Wildman–Crippen MR) is 78.6 cm³/mol. The summed E-state index contributed by atoms with van der Waals surface area (Å²) in [5, 5.41) is 0. The molecule has 1 aliphatic carbocycles. The van der Waals surface area contributed by atoms with Crippen LogP contribution in [0, 0.1) is 23.4 Å². The normalized spacial score (nSPS) is 26.2. The average molecular weight is 341 g/mol. The molecule has 3 atom stereocenters. The number of rotatable bonds is 1. The summed E-state index contributed by atoms with van der Waals surface area (Å²) in [5.74, 6) is -4.63. The third kappa shape index (κ3) is 2.76. The van der Waals surface area contributed by atoms with Crippen LogP contribution in [0.5, 0.6) is 0 Å². The third-order valence-electron chi connectivity index (χ3n) is 4.48. The summed E-state index contributed by atoms with van der Waals surface area (Å²) < 4.78 is 45.9. The lowest BCUT2D eigenvalue weighted by molar-refractivity contribution is -0.133. The second-order valence-electron chi connectivity index (χ2n) is 7.32. The summed E-state index contributed by atoms with van der Waals surface area (Å²) in [6, 6.07) is 0.709. The van der Waals surface area contributed by atoms with Crippen LogP contribution in [0.15, 0.2) is 12.1 Å². The van der Waals surface area contributed by atoms with Crippen molar-refractivity contribution in [2.45, 2.75) is 51.2 Å². The van der Waals surface area contributed by atoms with E-state index in [2.05, 4.69) is 0 Å². The van der Waals surface area contributed by atoms with Crippen molar-refractivity contribution in [1.82, 2.24) is 4.90 Å². The fraction of sp³-hybridized carbons (Fsp3) is 0.529. The number of imide groups is 1. The van der Waals surface area contributed by atoms with E-state index in [9.17, 15) is 22.8 Å². The molecule has 1 aliphatic heterocycles. The van der Waals surface area contributed by atoms with Crippen molar-refractivity contribution in [3.8, 4) is 0 Å². The van der Waals surface area contributed by atoms with Gasteiger partial charge in [0, 0.05) is 17.9 Å². The minimum absolute atomic E-state index is 0.0116. The zero-order valence-corrected chi connectivity index (χ0v) is 13.6. The van der Waals surface area contributed by atoms with Crippen LogP contribution in [0.1, 0.15) is 45.1 Å². The van der Waals surface area contributed by atoms with E-state index in [1.165, 1.54) is 0 Å². The molecule has 0 unspecified atom stereocenters. The van der Waals surface area contributed by atoms with E-state index in [0.717, 1.165) is 11.0 Å². The molecule has 1 heterocycles. The molecule has 1 aromatic carbocycles. The lowest BCUT2D eigenvalue weighted by Gasteiger charge is -2.33. The van der Waals surface area contributed by atoms with Crippen molar-refractivity contribution in [1.29, 1.82) is 0 Å². The van der Waals surface area contributed by atoms with Crippen LogP contribution in [0.25, 0.3) is 0 Å². The van der Waals surface area contributed by atoms with E-state index in [4.69, 9.17) is 4.74 Å². The molecular formula is C17H18F3NO3. The Morgan fingerprint density at radius 2 is 1.75 bits per heavy atom. The summed E-state index contributed by atoms with van der Waals surface area (Å²) in [6.45, 7) is 5.03. The molecule has 1 saturated carbocycles. The first kappa shape index (κ1) is 16.8. The van der Waals surface area contributed by atoms with Crippen LogP contribution in [0.4, 0.5) is 18.0 Å². The van der Waals surface area contributed by atoms with Crippen molar-refractivity contribution >= 4 is 12.0 Å². The van der Waals surface area contributed by atoms with Crippen molar-refractivity contribution < 1.29 is 27.5 Å². The van der Waals surface area contributed by atoms with Crippen molar-refractivity contribution in [3.05, 3.63) is 35.1 Å². The molecule has 3 rings (SSSR count). The maximum absolute atomic E-state index is 14.1. The Hall–Kier alpha value is -2.05. The summed E-state index contributed by atoms with van der Waals surface area (Å²) in [6.07, 6.45) is -0.0981. The van der Waals surface area contributed by atoms with E-state index in [1.807, 2.05) is 0 Å². The Morgan fingerprint density at radius 1 is 1.12 bits per heavy atom. The number of piperidine rings is 1. The Bertz CT molecular complexity index is 714. The maximum Gasteiger partial charge on any atom is 0.417 e. The van der Waals surface area contributed by atoms with E-state index >= 15 is 0 Å². The van der Waals surface area contributed by atoms with Gasteiger partial charge in [-0.1, -0.05) is 0 Å². The highest BCUT2D eigenvalue weighted by atomic mass is 19.2. The Labute approximate surface area is 137 Å². The number of carbonyl (C=O) groups is 2. The number of nitrogens with zero attached hydrogens (tertiary/aromatic N) is 1. The molecular weight excluding hydrogens is 323 g/mol. The number of benzene rings is 1. The number of likely N-dealkylation sites (tertiary alicyclic amines) is 1. The topological polar surface area (TPSA) is 46.6 Å². The van der Waals surface area contributed by atoms with E-state index in [1.54, 1.807) is 20.8 Å². The highest BCUT2D eigenvalue weighted by molar-refractivity contribution is 5.96. The molecule has 7 heteroatoms. The van der Waals surface area contributed by atoms with Gasteiger partial charge in [0.2, 0.25) is 5.91 Å². The Morgan fingerprint density at radius 3 is 2.33 bits per heavy atom. The quantitative estimate of drug-likeness (QED) is 0.731. The lowest BCUT2D eigenvalue weighted by Crippen LogP contribution is -2.47. The van der Waals surface area contributed by atoms with Crippen LogP contribution in [0.2, 0.25) is 0 Å². The second kappa shape index (κ2) is 5.50. The second-order valence-corrected chi connectivity index (χ2v) is 7.32. The number of hydrogen-bond acceptors (Lipinski definition) is 3. The van der Waals surface area contributed by atoms with Gasteiger partial charge in [-0.05, 0) is 45.2 Å². The first-order chi connectivity index (χ1) is 11.1. The molecule has 4 nitrogen and oxygen atoms in total. The number of fused-ring (bicyclic) bond motifs is 2. The summed E-state index contributed by atoms with van der Waals surface area (Å²) in [7, 11) is 0. The van der Waals surface area contributed by atoms with Gasteiger partial charge in [-0.2, -0.15) is 0 Å². The smallest absolute Gasteiger partial charge is 0.417 e. The van der Waals surface area contributed by atoms with Crippen LogP contribution in [0.3, 0.4) is 0 Å². The molecule has 24 heavy (non-hydrogen) atoms. The molecule has 1 saturated heterocycles. The van der Waals surface area contributed by atoms with Gasteiger partial charge < -0.3 is 4.74 Å². The zero-order chi connectivity index (χ0) is 17.8. The summed E-state index contributed by atoms with van der Waals surface area (Å²) >= 11 is 0. The molecule has 2 fully saturated rings. The third-order valence-corrected chi connectivity index (χ3v) is 4.48. The standard InChI is InChI=1S/C17H18F3NO3/c1-17(2,3)24-16(23)21-14-5-8(15(21)22)4-10(14)9-6-12(19)13(20)7-11(9)18/h6-8,10,14H,4-5H2,1-3H3/t8-,10+,14-/m1/s1. The van der Waals surface area contributed by atoms with Crippen LogP contribution < -0.4 is 0 Å². The Balaban J connectivity index is 1.90. The van der Waals surface area contributed by atoms with Crippen molar-refractivity contribution in [2.75, 3.05) is 0 Å². The molecule has 130 valence electrons. The van der Waals surface area contributed by atoms with Crippen molar-refractivity contribution in [2.24, 2.45) is 5.92 Å². The largest absolute Gasteiger partial charge is 0.443 e. The average Bonchev–Trinajstić information content (AvgIpc) is 2.98. The number of amides is 2. The van der Waals surface area contributed by atoms with Crippen LogP contribution in [-0.2, 0) is 9.53 Å². The predicted octanol–water partition coefficient (Wildman–Crippen LogP) is 3.74. The fourth-order valence-corrected chi connectivity index (χ4v) is 3.56. The monoisotopic (exact) mass is 341 g/mol. The minimum atomic E-state index is -1.26. The summed E-state index contributed by atoms with van der Waals surface area (Å²) in [4.78, 5) is 25.6. The van der Waals surface area contributed by atoms with Gasteiger partial charge in [0.15, 0.2) is 11.6 Å². The molecule has 2 amide bonds. The van der Waals surface area contributed by atoms with Crippen molar-refractivity contribution in [3.63, 3.8) is 0 Å². The van der Waals surface area contributed by atoms with Crippen LogP contribution in [-0.4, -0.2) is 28.5 Å². The first-order valence-electron chi connectivity index (χ1n) is 7.79. The molecule has 0 N–H and O–H groups in total. The molecule has 0 spiro atoms. The zero-order valence-electron chi connectivity index (χ0n) is 13.6.